The highest BCUT2D eigenvalue weighted by molar-refractivity contribution is 9.10. The van der Waals surface area contributed by atoms with Crippen LogP contribution in [-0.4, -0.2) is 35.9 Å². The summed E-state index contributed by atoms with van der Waals surface area (Å²) in [7, 11) is 0. The molecule has 0 saturated carbocycles. The van der Waals surface area contributed by atoms with Crippen LogP contribution in [0.2, 0.25) is 15.1 Å². The molecule has 0 aromatic heterocycles. The maximum atomic E-state index is 13.6. The summed E-state index contributed by atoms with van der Waals surface area (Å²) < 4.78 is 6.42. The number of hydrogen-bond donors (Lipinski definition) is 1. The molecule has 3 aromatic carbocycles. The molecular formula is C27H26BrCl3N2O3. The van der Waals surface area contributed by atoms with Crippen LogP contribution in [0.1, 0.15) is 24.5 Å². The van der Waals surface area contributed by atoms with Crippen molar-refractivity contribution >= 4 is 62.5 Å². The molecule has 0 radical (unpaired) electrons. The number of hydrogen-bond acceptors (Lipinski definition) is 3. The first-order chi connectivity index (χ1) is 17.3. The van der Waals surface area contributed by atoms with Gasteiger partial charge in [0.2, 0.25) is 5.91 Å². The minimum absolute atomic E-state index is 0.108. The third kappa shape index (κ3) is 8.13. The Balaban J connectivity index is 1.93. The maximum Gasteiger partial charge on any atom is 0.261 e. The van der Waals surface area contributed by atoms with Crippen molar-refractivity contribution in [3.05, 3.63) is 97.4 Å². The second kappa shape index (κ2) is 13.9. The lowest BCUT2D eigenvalue weighted by molar-refractivity contribution is -0.142. The molecule has 0 heterocycles. The molecule has 1 atom stereocenters. The summed E-state index contributed by atoms with van der Waals surface area (Å²) in [5.74, 6) is -0.144. The second-order valence-electron chi connectivity index (χ2n) is 8.12. The predicted octanol–water partition coefficient (Wildman–Crippen LogP) is 6.95. The summed E-state index contributed by atoms with van der Waals surface area (Å²) in [5, 5.41) is 4.37. The number of benzene rings is 3. The van der Waals surface area contributed by atoms with E-state index in [2.05, 4.69) is 21.2 Å². The van der Waals surface area contributed by atoms with Crippen LogP contribution >= 0.6 is 50.7 Å². The summed E-state index contributed by atoms with van der Waals surface area (Å²) in [6.07, 6.45) is 1.10. The summed E-state index contributed by atoms with van der Waals surface area (Å²) in [6, 6.07) is 18.9. The lowest BCUT2D eigenvalue weighted by atomic mass is 10.0. The monoisotopic (exact) mass is 610 g/mol. The summed E-state index contributed by atoms with van der Waals surface area (Å²) in [6.45, 7) is 2.30. The average Bonchev–Trinajstić information content (AvgIpc) is 2.85. The van der Waals surface area contributed by atoms with Crippen molar-refractivity contribution in [1.29, 1.82) is 0 Å². The Labute approximate surface area is 234 Å². The van der Waals surface area contributed by atoms with E-state index in [9.17, 15) is 9.59 Å². The van der Waals surface area contributed by atoms with Gasteiger partial charge in [-0.25, -0.2) is 0 Å². The molecule has 0 unspecified atom stereocenters. The molecule has 1 N–H and O–H groups in total. The number of nitrogens with zero attached hydrogens (tertiary/aromatic N) is 1. The van der Waals surface area contributed by atoms with Gasteiger partial charge in [0.1, 0.15) is 11.8 Å². The van der Waals surface area contributed by atoms with Crippen LogP contribution in [0.15, 0.2) is 71.2 Å². The van der Waals surface area contributed by atoms with E-state index in [1.54, 1.807) is 36.4 Å². The molecule has 3 aromatic rings. The molecule has 0 aliphatic carbocycles. The largest absolute Gasteiger partial charge is 0.483 e. The van der Waals surface area contributed by atoms with E-state index in [0.717, 1.165) is 12.0 Å². The van der Waals surface area contributed by atoms with Gasteiger partial charge in [0.25, 0.3) is 5.91 Å². The van der Waals surface area contributed by atoms with Crippen molar-refractivity contribution in [3.63, 3.8) is 0 Å². The van der Waals surface area contributed by atoms with Crippen LogP contribution < -0.4 is 10.1 Å². The molecule has 3 rings (SSSR count). The number of amides is 2. The van der Waals surface area contributed by atoms with Gasteiger partial charge in [0.15, 0.2) is 6.61 Å². The van der Waals surface area contributed by atoms with Crippen LogP contribution in [0, 0.1) is 0 Å². The number of nitrogens with one attached hydrogen (secondary N) is 1. The normalized spacial score (nSPS) is 11.6. The summed E-state index contributed by atoms with van der Waals surface area (Å²) in [5.41, 5.74) is 1.60. The second-order valence-corrected chi connectivity index (χ2v) is 10.3. The van der Waals surface area contributed by atoms with Crippen molar-refractivity contribution in [2.45, 2.75) is 32.4 Å². The lowest BCUT2D eigenvalue weighted by Gasteiger charge is -2.31. The van der Waals surface area contributed by atoms with E-state index in [4.69, 9.17) is 39.5 Å². The minimum Gasteiger partial charge on any atom is -0.483 e. The first kappa shape index (κ1) is 28.3. The van der Waals surface area contributed by atoms with Gasteiger partial charge in [-0.2, -0.15) is 0 Å². The van der Waals surface area contributed by atoms with E-state index in [0.29, 0.717) is 43.8 Å². The molecule has 5 nitrogen and oxygen atoms in total. The molecular weight excluding hydrogens is 587 g/mol. The van der Waals surface area contributed by atoms with Gasteiger partial charge in [-0.15, -0.1) is 0 Å². The van der Waals surface area contributed by atoms with Gasteiger partial charge < -0.3 is 15.0 Å². The molecule has 190 valence electrons. The van der Waals surface area contributed by atoms with Crippen molar-refractivity contribution in [2.75, 3.05) is 13.2 Å². The van der Waals surface area contributed by atoms with Gasteiger partial charge in [0, 0.05) is 34.6 Å². The highest BCUT2D eigenvalue weighted by Crippen LogP contribution is 2.28. The predicted molar refractivity (Wildman–Crippen MR) is 149 cm³/mol. The van der Waals surface area contributed by atoms with E-state index in [1.807, 2.05) is 37.3 Å². The fourth-order valence-electron chi connectivity index (χ4n) is 3.57. The number of carbonyl (C=O) groups excluding carboxylic acids is 2. The first-order valence-corrected chi connectivity index (χ1v) is 13.3. The number of ether oxygens (including phenoxy) is 1. The van der Waals surface area contributed by atoms with Gasteiger partial charge in [0.05, 0.1) is 4.47 Å². The Morgan fingerprint density at radius 1 is 1.00 bits per heavy atom. The molecule has 0 saturated heterocycles. The molecule has 0 aliphatic rings. The van der Waals surface area contributed by atoms with E-state index < -0.39 is 6.04 Å². The van der Waals surface area contributed by atoms with Crippen LogP contribution in [0.4, 0.5) is 0 Å². The topological polar surface area (TPSA) is 58.6 Å². The van der Waals surface area contributed by atoms with E-state index >= 15 is 0 Å². The van der Waals surface area contributed by atoms with E-state index in [-0.39, 0.29) is 25.0 Å². The minimum atomic E-state index is -0.782. The van der Waals surface area contributed by atoms with Crippen LogP contribution in [0.25, 0.3) is 0 Å². The fourth-order valence-corrected chi connectivity index (χ4v) is 4.83. The molecule has 0 aliphatic heterocycles. The number of rotatable bonds is 11. The van der Waals surface area contributed by atoms with Gasteiger partial charge >= 0.3 is 0 Å². The number of carbonyl (C=O) groups is 2. The average molecular weight is 613 g/mol. The molecule has 0 fully saturated rings. The zero-order valence-electron chi connectivity index (χ0n) is 19.6. The zero-order valence-corrected chi connectivity index (χ0v) is 23.5. The van der Waals surface area contributed by atoms with Crippen molar-refractivity contribution in [3.8, 4) is 5.75 Å². The standard InChI is InChI=1S/C27H26BrCl3N2O3/c1-2-12-32-27(35)24(13-18-6-4-3-5-7-18)33(16-19-8-9-21(30)15-23(19)31)26(34)17-36-25-11-10-20(29)14-22(25)28/h3-11,14-15,24H,2,12-13,16-17H2,1H3,(H,32,35)/t24-/m1/s1. The lowest BCUT2D eigenvalue weighted by Crippen LogP contribution is -2.51. The molecule has 36 heavy (non-hydrogen) atoms. The zero-order chi connectivity index (χ0) is 26.1. The van der Waals surface area contributed by atoms with Crippen molar-refractivity contribution in [1.82, 2.24) is 10.2 Å². The molecule has 9 heteroatoms. The fraction of sp³-hybridized carbons (Fsp3) is 0.259. The summed E-state index contributed by atoms with van der Waals surface area (Å²) in [4.78, 5) is 28.4. The highest BCUT2D eigenvalue weighted by atomic mass is 79.9. The number of halogens is 4. The van der Waals surface area contributed by atoms with Gasteiger partial charge in [-0.3, -0.25) is 9.59 Å². The van der Waals surface area contributed by atoms with Gasteiger partial charge in [-0.05, 0) is 63.8 Å². The third-order valence-corrected chi connectivity index (χ3v) is 6.86. The molecule has 2 amide bonds. The maximum absolute atomic E-state index is 13.6. The van der Waals surface area contributed by atoms with Crippen LogP contribution in [-0.2, 0) is 22.6 Å². The molecule has 0 spiro atoms. The summed E-state index contributed by atoms with van der Waals surface area (Å²) >= 11 is 21.9. The SMILES string of the molecule is CCCNC(=O)[C@@H](Cc1ccccc1)N(Cc1ccc(Cl)cc1Cl)C(=O)COc1ccc(Cl)cc1Br. The van der Waals surface area contributed by atoms with Crippen molar-refractivity contribution in [2.24, 2.45) is 0 Å². The highest BCUT2D eigenvalue weighted by Gasteiger charge is 2.31. The van der Waals surface area contributed by atoms with Gasteiger partial charge in [-0.1, -0.05) is 78.1 Å². The Morgan fingerprint density at radius 2 is 1.69 bits per heavy atom. The molecule has 0 bridgehead atoms. The third-order valence-electron chi connectivity index (χ3n) is 5.42. The van der Waals surface area contributed by atoms with Crippen molar-refractivity contribution < 1.29 is 14.3 Å². The Kier molecular flexibility index (Phi) is 10.9. The Morgan fingerprint density at radius 3 is 2.36 bits per heavy atom. The Bertz CT molecular complexity index is 1190. The first-order valence-electron chi connectivity index (χ1n) is 11.4. The Hall–Kier alpha value is -2.25. The van der Waals surface area contributed by atoms with Crippen LogP contribution in [0.3, 0.4) is 0 Å². The smallest absolute Gasteiger partial charge is 0.261 e. The quantitative estimate of drug-likeness (QED) is 0.255. The van der Waals surface area contributed by atoms with Crippen LogP contribution in [0.5, 0.6) is 5.75 Å². The van der Waals surface area contributed by atoms with E-state index in [1.165, 1.54) is 4.90 Å².